The first-order chi connectivity index (χ1) is 21.3. The predicted octanol–water partition coefficient (Wildman–Crippen LogP) is 6.40. The number of hydrogen-bond donors (Lipinski definition) is 0. The summed E-state index contributed by atoms with van der Waals surface area (Å²) in [6.07, 6.45) is 4.95. The van der Waals surface area contributed by atoms with E-state index in [4.69, 9.17) is 4.74 Å². The molecule has 8 nitrogen and oxygen atoms in total. The third-order valence-electron chi connectivity index (χ3n) is 8.89. The van der Waals surface area contributed by atoms with Crippen LogP contribution in [0.5, 0.6) is 0 Å². The van der Waals surface area contributed by atoms with Crippen LogP contribution in [0.3, 0.4) is 0 Å². The van der Waals surface area contributed by atoms with Crippen LogP contribution in [0.25, 0.3) is 0 Å². The van der Waals surface area contributed by atoms with Crippen molar-refractivity contribution in [3.8, 4) is 0 Å². The number of carbonyl (C=O) groups excluding carboxylic acids is 3. The molecule has 2 aromatic carbocycles. The van der Waals surface area contributed by atoms with Gasteiger partial charge in [-0.25, -0.2) is 14.2 Å². The van der Waals surface area contributed by atoms with Crippen molar-refractivity contribution in [3.05, 3.63) is 86.0 Å². The van der Waals surface area contributed by atoms with Gasteiger partial charge in [0, 0.05) is 45.1 Å². The molecule has 0 bridgehead atoms. The largest absolute Gasteiger partial charge is 0.445 e. The van der Waals surface area contributed by atoms with E-state index in [1.165, 1.54) is 17.4 Å². The number of carbonyl (C=O) groups is 3. The van der Waals surface area contributed by atoms with Gasteiger partial charge >= 0.3 is 6.09 Å². The number of benzene rings is 2. The molecule has 44 heavy (non-hydrogen) atoms. The second kappa shape index (κ2) is 13.4. The van der Waals surface area contributed by atoms with Crippen molar-refractivity contribution >= 4 is 45.2 Å². The van der Waals surface area contributed by atoms with E-state index in [9.17, 15) is 18.8 Å². The number of hydrogen-bond acceptors (Lipinski definition) is 6. The maximum atomic E-state index is 13.7. The Morgan fingerprint density at radius 3 is 2.57 bits per heavy atom. The quantitative estimate of drug-likeness (QED) is 0.244. The zero-order valence-corrected chi connectivity index (χ0v) is 27.0. The van der Waals surface area contributed by atoms with E-state index < -0.39 is 11.6 Å². The summed E-state index contributed by atoms with van der Waals surface area (Å²) < 4.78 is 19.8. The van der Waals surface area contributed by atoms with Crippen molar-refractivity contribution in [2.24, 2.45) is 0 Å². The number of ether oxygens (including phenoxy) is 1. The monoisotopic (exact) mass is 682 g/mol. The van der Waals surface area contributed by atoms with Crippen molar-refractivity contribution in [2.75, 3.05) is 32.7 Å². The summed E-state index contributed by atoms with van der Waals surface area (Å²) >= 11 is 4.62. The van der Waals surface area contributed by atoms with E-state index in [1.807, 2.05) is 40.1 Å². The minimum atomic E-state index is -0.720. The van der Waals surface area contributed by atoms with E-state index in [-0.39, 0.29) is 24.2 Å². The average Bonchev–Trinajstić information content (AvgIpc) is 3.61. The molecule has 11 heteroatoms. The van der Waals surface area contributed by atoms with Gasteiger partial charge in [0.05, 0.1) is 21.2 Å². The number of nitrogens with zero attached hydrogens (tertiary/aromatic N) is 4. The van der Waals surface area contributed by atoms with Crippen molar-refractivity contribution < 1.29 is 23.5 Å². The van der Waals surface area contributed by atoms with Gasteiger partial charge in [0.15, 0.2) is 0 Å². The van der Waals surface area contributed by atoms with Gasteiger partial charge in [0.2, 0.25) is 5.91 Å². The summed E-state index contributed by atoms with van der Waals surface area (Å²) in [5, 5.41) is 0. The molecule has 1 atom stereocenters. The van der Waals surface area contributed by atoms with Gasteiger partial charge in [-0.1, -0.05) is 36.4 Å². The van der Waals surface area contributed by atoms with Crippen LogP contribution in [0.1, 0.15) is 70.9 Å². The molecule has 232 valence electrons. The zero-order valence-electron chi connectivity index (χ0n) is 24.6. The molecule has 6 rings (SSSR count). The molecule has 0 N–H and O–H groups in total. The maximum absolute atomic E-state index is 13.7. The Morgan fingerprint density at radius 2 is 1.80 bits per heavy atom. The number of halogens is 2. The SMILES string of the molecule is O=C(CCCCc1ccc(F)c(Br)c1)N1CCC2(C1)CN(C(=O)c1scnc1C1CC1)CCN2C(=O)OCc1ccccc1. The van der Waals surface area contributed by atoms with Crippen LogP contribution in [0.4, 0.5) is 9.18 Å². The fraction of sp³-hybridized carbons (Fsp3) is 0.455. The summed E-state index contributed by atoms with van der Waals surface area (Å²) in [5.74, 6) is 0.0841. The molecule has 2 aliphatic heterocycles. The summed E-state index contributed by atoms with van der Waals surface area (Å²) in [4.78, 5) is 51.2. The Balaban J connectivity index is 1.12. The van der Waals surface area contributed by atoms with Crippen molar-refractivity contribution in [1.29, 1.82) is 0 Å². The number of thiazole rings is 1. The highest BCUT2D eigenvalue weighted by atomic mass is 79.9. The number of rotatable bonds is 9. The lowest BCUT2D eigenvalue weighted by molar-refractivity contribution is -0.131. The lowest BCUT2D eigenvalue weighted by Crippen LogP contribution is -2.66. The van der Waals surface area contributed by atoms with Gasteiger partial charge in [0.1, 0.15) is 17.3 Å². The van der Waals surface area contributed by atoms with Crippen molar-refractivity contribution in [2.45, 2.75) is 63.0 Å². The van der Waals surface area contributed by atoms with Gasteiger partial charge in [-0.15, -0.1) is 11.3 Å². The minimum Gasteiger partial charge on any atom is -0.445 e. The smallest absolute Gasteiger partial charge is 0.410 e. The van der Waals surface area contributed by atoms with Crippen LogP contribution >= 0.6 is 27.3 Å². The topological polar surface area (TPSA) is 83.1 Å². The van der Waals surface area contributed by atoms with Crippen LogP contribution in [-0.4, -0.2) is 75.9 Å². The number of amides is 3. The highest BCUT2D eigenvalue weighted by Gasteiger charge is 2.51. The molecule has 3 aliphatic rings. The summed E-state index contributed by atoms with van der Waals surface area (Å²) in [6.45, 7) is 2.12. The fourth-order valence-electron chi connectivity index (χ4n) is 6.32. The molecule has 0 radical (unpaired) electrons. The Bertz CT molecular complexity index is 1520. The van der Waals surface area contributed by atoms with Gasteiger partial charge in [-0.05, 0) is 77.7 Å². The van der Waals surface area contributed by atoms with Gasteiger partial charge in [0.25, 0.3) is 5.91 Å². The highest BCUT2D eigenvalue weighted by Crippen LogP contribution is 2.42. The van der Waals surface area contributed by atoms with Crippen LogP contribution in [-0.2, 0) is 22.6 Å². The molecule has 3 heterocycles. The lowest BCUT2D eigenvalue weighted by atomic mass is 9.92. The first-order valence-corrected chi connectivity index (χ1v) is 16.9. The number of aromatic nitrogens is 1. The third kappa shape index (κ3) is 6.83. The normalized spacial score (nSPS) is 19.9. The summed E-state index contributed by atoms with van der Waals surface area (Å²) in [6, 6.07) is 14.6. The van der Waals surface area contributed by atoms with E-state index in [1.54, 1.807) is 22.5 Å². The number of unbranched alkanes of at least 4 members (excludes halogenated alkanes) is 1. The molecule has 2 saturated heterocycles. The molecule has 1 saturated carbocycles. The van der Waals surface area contributed by atoms with E-state index in [0.717, 1.165) is 42.5 Å². The Labute approximate surface area is 269 Å². The van der Waals surface area contributed by atoms with E-state index in [0.29, 0.717) is 67.3 Å². The Kier molecular flexibility index (Phi) is 9.32. The molecular weight excluding hydrogens is 647 g/mol. The maximum Gasteiger partial charge on any atom is 0.410 e. The molecule has 1 unspecified atom stereocenters. The molecule has 3 amide bonds. The fourth-order valence-corrected chi connectivity index (χ4v) is 7.58. The van der Waals surface area contributed by atoms with Crippen LogP contribution in [0, 0.1) is 5.82 Å². The predicted molar refractivity (Wildman–Crippen MR) is 169 cm³/mol. The lowest BCUT2D eigenvalue weighted by Gasteiger charge is -2.48. The van der Waals surface area contributed by atoms with E-state index in [2.05, 4.69) is 20.9 Å². The minimum absolute atomic E-state index is 0.0386. The second-order valence-electron chi connectivity index (χ2n) is 12.0. The molecule has 3 fully saturated rings. The van der Waals surface area contributed by atoms with E-state index >= 15 is 0 Å². The summed E-state index contributed by atoms with van der Waals surface area (Å²) in [7, 11) is 0. The average molecular weight is 684 g/mol. The molecular formula is C33H36BrFN4O4S. The third-order valence-corrected chi connectivity index (χ3v) is 10.3. The van der Waals surface area contributed by atoms with Gasteiger partial charge in [-0.3, -0.25) is 14.5 Å². The Morgan fingerprint density at radius 1 is 1.00 bits per heavy atom. The molecule has 3 aromatic rings. The van der Waals surface area contributed by atoms with Crippen LogP contribution in [0.2, 0.25) is 0 Å². The van der Waals surface area contributed by atoms with Crippen molar-refractivity contribution in [3.63, 3.8) is 0 Å². The highest BCUT2D eigenvalue weighted by molar-refractivity contribution is 9.10. The second-order valence-corrected chi connectivity index (χ2v) is 13.7. The van der Waals surface area contributed by atoms with Crippen molar-refractivity contribution in [1.82, 2.24) is 19.7 Å². The number of aryl methyl sites for hydroxylation is 1. The van der Waals surface area contributed by atoms with Crippen LogP contribution in [0.15, 0.2) is 58.5 Å². The number of piperazine rings is 1. The van der Waals surface area contributed by atoms with Crippen LogP contribution < -0.4 is 0 Å². The number of likely N-dealkylation sites (tertiary alicyclic amines) is 1. The standard InChI is InChI=1S/C33H36BrFN4O4S/c34-26-18-23(10-13-27(26)35)6-4-5-9-28(40)37-15-14-33(20-37)21-38(31(41)30-29(25-11-12-25)36-22-44-30)16-17-39(33)32(42)43-19-24-7-2-1-3-8-24/h1-3,7-8,10,13,18,22,25H,4-6,9,11-12,14-17,19-21H2. The first-order valence-electron chi connectivity index (χ1n) is 15.3. The van der Waals surface area contributed by atoms with Gasteiger partial charge in [-0.2, -0.15) is 0 Å². The summed E-state index contributed by atoms with van der Waals surface area (Å²) in [5.41, 5.74) is 3.85. The first kappa shape index (κ1) is 30.7. The zero-order chi connectivity index (χ0) is 30.7. The van der Waals surface area contributed by atoms with Gasteiger partial charge < -0.3 is 14.5 Å². The molecule has 1 aromatic heterocycles. The molecule has 1 spiro atoms. The molecule has 1 aliphatic carbocycles. The Hall–Kier alpha value is -3.31.